The Labute approximate surface area is 162 Å². The number of rotatable bonds is 6. The van der Waals surface area contributed by atoms with E-state index in [0.29, 0.717) is 11.3 Å². The first-order chi connectivity index (χ1) is 12.9. The molecule has 1 N–H and O–H groups in total. The van der Waals surface area contributed by atoms with Gasteiger partial charge in [0.15, 0.2) is 0 Å². The van der Waals surface area contributed by atoms with Crippen molar-refractivity contribution in [3.8, 4) is 0 Å². The number of anilines is 1. The summed E-state index contributed by atoms with van der Waals surface area (Å²) in [6.45, 7) is 2.99. The Bertz CT molecular complexity index is 973. The van der Waals surface area contributed by atoms with Gasteiger partial charge in [-0.3, -0.25) is 9.10 Å². The monoisotopic (exact) mass is 414 g/mol. The van der Waals surface area contributed by atoms with Gasteiger partial charge >= 0.3 is 6.18 Å². The molecule has 9 heteroatoms. The highest BCUT2D eigenvalue weighted by atomic mass is 32.2. The summed E-state index contributed by atoms with van der Waals surface area (Å²) in [6.07, 6.45) is -3.48. The molecule has 2 aromatic carbocycles. The predicted octanol–water partition coefficient (Wildman–Crippen LogP) is 3.40. The lowest BCUT2D eigenvalue weighted by Gasteiger charge is -2.24. The minimum absolute atomic E-state index is 0.146. The lowest BCUT2D eigenvalue weighted by atomic mass is 10.1. The molecule has 0 radical (unpaired) electrons. The van der Waals surface area contributed by atoms with Gasteiger partial charge in [-0.1, -0.05) is 29.8 Å². The van der Waals surface area contributed by atoms with Crippen LogP contribution in [0.5, 0.6) is 0 Å². The van der Waals surface area contributed by atoms with Crippen LogP contribution in [0.4, 0.5) is 18.9 Å². The van der Waals surface area contributed by atoms with Gasteiger partial charge in [-0.15, -0.1) is 0 Å². The number of nitrogens with one attached hydrogen (secondary N) is 1. The smallest absolute Gasteiger partial charge is 0.350 e. The number of nitrogens with zero attached hydrogens (tertiary/aromatic N) is 1. The molecule has 152 valence electrons. The van der Waals surface area contributed by atoms with Gasteiger partial charge in [-0.2, -0.15) is 13.2 Å². The average molecular weight is 414 g/mol. The number of alkyl halides is 3. The Morgan fingerprint density at radius 3 is 2.36 bits per heavy atom. The van der Waals surface area contributed by atoms with Crippen molar-refractivity contribution in [2.24, 2.45) is 0 Å². The molecule has 0 saturated heterocycles. The van der Waals surface area contributed by atoms with E-state index in [2.05, 4.69) is 5.32 Å². The fraction of sp³-hybridized carbons (Fsp3) is 0.316. The first kappa shape index (κ1) is 21.7. The van der Waals surface area contributed by atoms with Crippen molar-refractivity contribution in [2.45, 2.75) is 26.6 Å². The molecular formula is C19H21F3N2O3S. The summed E-state index contributed by atoms with van der Waals surface area (Å²) < 4.78 is 63.6. The second-order valence-electron chi connectivity index (χ2n) is 6.53. The van der Waals surface area contributed by atoms with Crippen molar-refractivity contribution < 1.29 is 26.4 Å². The lowest BCUT2D eigenvalue weighted by Crippen LogP contribution is -2.40. The van der Waals surface area contributed by atoms with Gasteiger partial charge in [0.1, 0.15) is 6.54 Å². The fourth-order valence-electron chi connectivity index (χ4n) is 2.71. The first-order valence-electron chi connectivity index (χ1n) is 8.36. The Morgan fingerprint density at radius 1 is 1.11 bits per heavy atom. The van der Waals surface area contributed by atoms with Crippen molar-refractivity contribution in [1.82, 2.24) is 5.32 Å². The van der Waals surface area contributed by atoms with E-state index in [9.17, 15) is 26.4 Å². The Morgan fingerprint density at radius 2 is 1.79 bits per heavy atom. The van der Waals surface area contributed by atoms with E-state index in [4.69, 9.17) is 0 Å². The average Bonchev–Trinajstić information content (AvgIpc) is 2.57. The van der Waals surface area contributed by atoms with Crippen LogP contribution in [0.15, 0.2) is 42.5 Å². The van der Waals surface area contributed by atoms with E-state index in [1.807, 2.05) is 6.92 Å². The molecule has 0 saturated carbocycles. The van der Waals surface area contributed by atoms with Gasteiger partial charge in [0.05, 0.1) is 17.5 Å². The zero-order chi connectivity index (χ0) is 21.1. The summed E-state index contributed by atoms with van der Waals surface area (Å²) in [6, 6.07) is 9.74. The zero-order valence-corrected chi connectivity index (χ0v) is 16.5. The lowest BCUT2D eigenvalue weighted by molar-refractivity contribution is -0.137. The van der Waals surface area contributed by atoms with Crippen LogP contribution >= 0.6 is 0 Å². The van der Waals surface area contributed by atoms with Crippen LogP contribution in [0.3, 0.4) is 0 Å². The molecule has 0 atom stereocenters. The Balaban J connectivity index is 2.13. The third-order valence-electron chi connectivity index (χ3n) is 4.05. The molecule has 0 aliphatic rings. The topological polar surface area (TPSA) is 66.5 Å². The van der Waals surface area contributed by atoms with Crippen LogP contribution in [0.2, 0.25) is 0 Å². The number of hydrogen-bond acceptors (Lipinski definition) is 3. The maximum Gasteiger partial charge on any atom is 0.416 e. The molecule has 2 rings (SSSR count). The Kier molecular flexibility index (Phi) is 6.38. The van der Waals surface area contributed by atoms with Crippen molar-refractivity contribution in [3.05, 3.63) is 64.7 Å². The van der Waals surface area contributed by atoms with Gasteiger partial charge in [0.25, 0.3) is 0 Å². The highest BCUT2D eigenvalue weighted by Crippen LogP contribution is 2.29. The number of halogens is 3. The molecule has 5 nitrogen and oxygen atoms in total. The number of benzene rings is 2. The molecule has 0 aliphatic heterocycles. The second-order valence-corrected chi connectivity index (χ2v) is 8.44. The number of carbonyl (C=O) groups is 1. The number of amides is 1. The number of carbonyl (C=O) groups excluding carboxylic acids is 1. The van der Waals surface area contributed by atoms with Crippen molar-refractivity contribution >= 4 is 21.6 Å². The molecule has 0 unspecified atom stereocenters. The normalized spacial score (nSPS) is 11.9. The summed E-state index contributed by atoms with van der Waals surface area (Å²) in [7, 11) is -3.73. The Hall–Kier alpha value is -2.55. The highest BCUT2D eigenvalue weighted by Gasteiger charge is 2.30. The molecule has 28 heavy (non-hydrogen) atoms. The van der Waals surface area contributed by atoms with Crippen molar-refractivity contribution in [2.75, 3.05) is 17.1 Å². The molecule has 0 heterocycles. The SMILES string of the molecule is Cc1ccc(N(CC(=O)NCc2cccc(C(F)(F)F)c2)S(C)(=O)=O)c(C)c1. The largest absolute Gasteiger partial charge is 0.416 e. The van der Waals surface area contributed by atoms with Gasteiger partial charge in [-0.25, -0.2) is 8.42 Å². The molecule has 1 amide bonds. The second kappa shape index (κ2) is 8.22. The maximum absolute atomic E-state index is 12.8. The van der Waals surface area contributed by atoms with Gasteiger partial charge in [0, 0.05) is 6.54 Å². The predicted molar refractivity (Wildman–Crippen MR) is 101 cm³/mol. The third kappa shape index (κ3) is 5.72. The molecule has 2 aromatic rings. The van der Waals surface area contributed by atoms with E-state index < -0.39 is 34.2 Å². The zero-order valence-electron chi connectivity index (χ0n) is 15.7. The summed E-state index contributed by atoms with van der Waals surface area (Å²) in [5, 5.41) is 2.47. The van der Waals surface area contributed by atoms with E-state index in [1.165, 1.54) is 12.1 Å². The molecule has 0 aromatic heterocycles. The van der Waals surface area contributed by atoms with Crippen molar-refractivity contribution in [3.63, 3.8) is 0 Å². The molecule has 0 aliphatic carbocycles. The van der Waals surface area contributed by atoms with Gasteiger partial charge in [-0.05, 0) is 43.2 Å². The molecule has 0 fully saturated rings. The van der Waals surface area contributed by atoms with Crippen LogP contribution < -0.4 is 9.62 Å². The highest BCUT2D eigenvalue weighted by molar-refractivity contribution is 7.92. The number of aryl methyl sites for hydroxylation is 2. The van der Waals surface area contributed by atoms with Gasteiger partial charge in [0.2, 0.25) is 15.9 Å². The summed E-state index contributed by atoms with van der Waals surface area (Å²) in [4.78, 5) is 12.3. The van der Waals surface area contributed by atoms with E-state index in [0.717, 1.165) is 28.3 Å². The van der Waals surface area contributed by atoms with E-state index in [-0.39, 0.29) is 12.1 Å². The number of sulfonamides is 1. The fourth-order valence-corrected chi connectivity index (χ4v) is 3.62. The van der Waals surface area contributed by atoms with Gasteiger partial charge < -0.3 is 5.32 Å². The molecular weight excluding hydrogens is 393 g/mol. The standard InChI is InChI=1S/C19H21F3N2O3S/c1-13-7-8-17(14(2)9-13)24(28(3,26)27)12-18(25)23-11-15-5-4-6-16(10-15)19(20,21)22/h4-10H,11-12H2,1-3H3,(H,23,25). The first-order valence-corrected chi connectivity index (χ1v) is 10.2. The summed E-state index contributed by atoms with van der Waals surface area (Å²) in [5.74, 6) is -0.622. The van der Waals surface area contributed by atoms with E-state index >= 15 is 0 Å². The van der Waals surface area contributed by atoms with Crippen LogP contribution in [0, 0.1) is 13.8 Å². The van der Waals surface area contributed by atoms with Crippen LogP contribution in [0.25, 0.3) is 0 Å². The van der Waals surface area contributed by atoms with Crippen LogP contribution in [0.1, 0.15) is 22.3 Å². The molecule has 0 spiro atoms. The summed E-state index contributed by atoms with van der Waals surface area (Å²) in [5.41, 5.74) is 1.47. The van der Waals surface area contributed by atoms with Crippen LogP contribution in [-0.2, 0) is 27.5 Å². The maximum atomic E-state index is 12.8. The molecule has 0 bridgehead atoms. The quantitative estimate of drug-likeness (QED) is 0.788. The van der Waals surface area contributed by atoms with Crippen LogP contribution in [-0.4, -0.2) is 27.1 Å². The van der Waals surface area contributed by atoms with E-state index in [1.54, 1.807) is 25.1 Å². The third-order valence-corrected chi connectivity index (χ3v) is 5.18. The van der Waals surface area contributed by atoms with Crippen molar-refractivity contribution in [1.29, 1.82) is 0 Å². The minimum atomic E-state index is -4.48. The number of hydrogen-bond donors (Lipinski definition) is 1. The summed E-state index contributed by atoms with van der Waals surface area (Å²) >= 11 is 0. The minimum Gasteiger partial charge on any atom is -0.350 e.